The molecule has 3 rings (SSSR count). The van der Waals surface area contributed by atoms with E-state index in [1.165, 1.54) is 0 Å². The molecular weight excluding hydrogens is 202 g/mol. The molecule has 3 heteroatoms. The van der Waals surface area contributed by atoms with Gasteiger partial charge in [-0.2, -0.15) is 0 Å². The number of fused-ring (bicyclic) bond motifs is 1. The highest BCUT2D eigenvalue weighted by molar-refractivity contribution is 5.67. The van der Waals surface area contributed by atoms with Crippen LogP contribution >= 0.6 is 0 Å². The summed E-state index contributed by atoms with van der Waals surface area (Å²) in [5.41, 5.74) is 0.496. The Balaban J connectivity index is 2.01. The van der Waals surface area contributed by atoms with Gasteiger partial charge in [0.25, 0.3) is 0 Å². The van der Waals surface area contributed by atoms with Crippen LogP contribution in [0.25, 0.3) is 5.76 Å². The third-order valence-electron chi connectivity index (χ3n) is 3.33. The molecule has 0 bridgehead atoms. The molecule has 0 unspecified atom stereocenters. The molecule has 0 aliphatic carbocycles. The topological polar surface area (TPSA) is 41.5 Å². The van der Waals surface area contributed by atoms with Crippen LogP contribution in [-0.4, -0.2) is 23.8 Å². The number of nitrogens with one attached hydrogen (secondary N) is 1. The second-order valence-corrected chi connectivity index (χ2v) is 4.44. The molecule has 1 spiro atoms. The molecular formula is C13H15NO2. The van der Waals surface area contributed by atoms with Gasteiger partial charge in [0, 0.05) is 18.9 Å². The summed E-state index contributed by atoms with van der Waals surface area (Å²) in [5.74, 6) is 1.15. The third-order valence-corrected chi connectivity index (χ3v) is 3.33. The van der Waals surface area contributed by atoms with Crippen molar-refractivity contribution in [2.45, 2.75) is 18.4 Å². The molecule has 0 atom stereocenters. The Morgan fingerprint density at radius 2 is 1.94 bits per heavy atom. The monoisotopic (exact) mass is 217 g/mol. The molecule has 0 saturated carbocycles. The number of rotatable bonds is 0. The van der Waals surface area contributed by atoms with Crippen LogP contribution in [0.2, 0.25) is 0 Å². The SMILES string of the molecule is OC1=CC2(CCNCC2)Oc2ccccc21. The minimum Gasteiger partial charge on any atom is -0.507 e. The highest BCUT2D eigenvalue weighted by Gasteiger charge is 2.36. The van der Waals surface area contributed by atoms with Crippen molar-refractivity contribution in [1.82, 2.24) is 5.32 Å². The van der Waals surface area contributed by atoms with E-state index in [2.05, 4.69) is 5.32 Å². The molecule has 1 aromatic carbocycles. The van der Waals surface area contributed by atoms with E-state index in [1.807, 2.05) is 30.3 Å². The average molecular weight is 217 g/mol. The van der Waals surface area contributed by atoms with Crippen molar-refractivity contribution in [3.8, 4) is 5.75 Å². The van der Waals surface area contributed by atoms with Gasteiger partial charge in [-0.3, -0.25) is 0 Å². The van der Waals surface area contributed by atoms with Crippen LogP contribution in [0.1, 0.15) is 18.4 Å². The Kier molecular flexibility index (Phi) is 2.14. The highest BCUT2D eigenvalue weighted by Crippen LogP contribution is 2.38. The Labute approximate surface area is 94.7 Å². The fourth-order valence-corrected chi connectivity index (χ4v) is 2.44. The lowest BCUT2D eigenvalue weighted by Gasteiger charge is -2.38. The number of benzene rings is 1. The zero-order chi connectivity index (χ0) is 11.0. The smallest absolute Gasteiger partial charge is 0.133 e. The maximum Gasteiger partial charge on any atom is 0.133 e. The van der Waals surface area contributed by atoms with Crippen LogP contribution in [0.5, 0.6) is 5.75 Å². The van der Waals surface area contributed by atoms with Gasteiger partial charge in [0.1, 0.15) is 17.1 Å². The molecule has 0 amide bonds. The van der Waals surface area contributed by atoms with E-state index < -0.39 is 0 Å². The molecule has 84 valence electrons. The van der Waals surface area contributed by atoms with Gasteiger partial charge in [0.15, 0.2) is 0 Å². The molecule has 3 nitrogen and oxygen atoms in total. The van der Waals surface area contributed by atoms with E-state index in [9.17, 15) is 5.11 Å². The van der Waals surface area contributed by atoms with Gasteiger partial charge >= 0.3 is 0 Å². The standard InChI is InChI=1S/C13H15NO2/c15-11-9-13(5-7-14-8-6-13)16-12-4-2-1-3-10(11)12/h1-4,9,14-15H,5-8H2. The molecule has 2 aliphatic rings. The van der Waals surface area contributed by atoms with Crippen LogP contribution in [-0.2, 0) is 0 Å². The summed E-state index contributed by atoms with van der Waals surface area (Å²) in [4.78, 5) is 0. The molecule has 1 saturated heterocycles. The highest BCUT2D eigenvalue weighted by atomic mass is 16.5. The molecule has 1 aromatic rings. The predicted molar refractivity (Wildman–Crippen MR) is 62.5 cm³/mol. The minimum atomic E-state index is -0.302. The number of hydrogen-bond acceptors (Lipinski definition) is 3. The fraction of sp³-hybridized carbons (Fsp3) is 0.385. The van der Waals surface area contributed by atoms with Gasteiger partial charge in [0.05, 0.1) is 5.56 Å². The zero-order valence-corrected chi connectivity index (χ0v) is 9.07. The lowest BCUT2D eigenvalue weighted by atomic mass is 9.88. The third kappa shape index (κ3) is 1.48. The number of para-hydroxylation sites is 1. The van der Waals surface area contributed by atoms with Gasteiger partial charge in [-0.05, 0) is 25.2 Å². The second-order valence-electron chi connectivity index (χ2n) is 4.44. The summed E-state index contributed by atoms with van der Waals surface area (Å²) >= 11 is 0. The first-order chi connectivity index (χ1) is 7.79. The maximum atomic E-state index is 10.0. The summed E-state index contributed by atoms with van der Waals surface area (Å²) in [5, 5.41) is 13.3. The summed E-state index contributed by atoms with van der Waals surface area (Å²) in [6.07, 6.45) is 3.69. The Hall–Kier alpha value is -1.48. The first-order valence-electron chi connectivity index (χ1n) is 5.70. The predicted octanol–water partition coefficient (Wildman–Crippen LogP) is 2.10. The van der Waals surface area contributed by atoms with Crippen LogP contribution in [0.15, 0.2) is 30.3 Å². The normalized spacial score (nSPS) is 22.1. The molecule has 1 fully saturated rings. The lowest BCUT2D eigenvalue weighted by Crippen LogP contribution is -2.46. The van der Waals surface area contributed by atoms with Crippen LogP contribution in [0, 0.1) is 0 Å². The van der Waals surface area contributed by atoms with Crippen molar-refractivity contribution in [1.29, 1.82) is 0 Å². The summed E-state index contributed by atoms with van der Waals surface area (Å²) in [7, 11) is 0. The molecule has 0 aromatic heterocycles. The van der Waals surface area contributed by atoms with E-state index >= 15 is 0 Å². The van der Waals surface area contributed by atoms with Crippen LogP contribution in [0.3, 0.4) is 0 Å². The number of ether oxygens (including phenoxy) is 1. The van der Waals surface area contributed by atoms with Crippen molar-refractivity contribution in [2.75, 3.05) is 13.1 Å². The van der Waals surface area contributed by atoms with E-state index in [0.717, 1.165) is 37.2 Å². The van der Waals surface area contributed by atoms with Crippen molar-refractivity contribution >= 4 is 5.76 Å². The van der Waals surface area contributed by atoms with Gasteiger partial charge in [-0.1, -0.05) is 12.1 Å². The van der Waals surface area contributed by atoms with E-state index in [-0.39, 0.29) is 5.60 Å². The largest absolute Gasteiger partial charge is 0.507 e. The minimum absolute atomic E-state index is 0.302. The zero-order valence-electron chi connectivity index (χ0n) is 9.07. The average Bonchev–Trinajstić information content (AvgIpc) is 2.30. The van der Waals surface area contributed by atoms with Gasteiger partial charge in [0.2, 0.25) is 0 Å². The first-order valence-corrected chi connectivity index (χ1v) is 5.70. The Bertz CT molecular complexity index is 433. The van der Waals surface area contributed by atoms with Crippen molar-refractivity contribution in [3.63, 3.8) is 0 Å². The summed E-state index contributed by atoms with van der Waals surface area (Å²) < 4.78 is 6.05. The number of aliphatic hydroxyl groups excluding tert-OH is 1. The molecule has 0 radical (unpaired) electrons. The van der Waals surface area contributed by atoms with E-state index in [4.69, 9.17) is 4.74 Å². The molecule has 2 aliphatic heterocycles. The van der Waals surface area contributed by atoms with Crippen LogP contribution < -0.4 is 10.1 Å². The summed E-state index contributed by atoms with van der Waals surface area (Å²) in [6.45, 7) is 1.87. The molecule has 2 heterocycles. The first kappa shape index (κ1) is 9.73. The Morgan fingerprint density at radius 3 is 2.75 bits per heavy atom. The van der Waals surface area contributed by atoms with Crippen molar-refractivity contribution in [2.24, 2.45) is 0 Å². The summed E-state index contributed by atoms with van der Waals surface area (Å²) in [6, 6.07) is 7.65. The second kappa shape index (κ2) is 3.52. The van der Waals surface area contributed by atoms with E-state index in [0.29, 0.717) is 5.76 Å². The van der Waals surface area contributed by atoms with E-state index in [1.54, 1.807) is 0 Å². The quantitative estimate of drug-likeness (QED) is 0.699. The van der Waals surface area contributed by atoms with Gasteiger partial charge in [-0.15, -0.1) is 0 Å². The van der Waals surface area contributed by atoms with Crippen LogP contribution in [0.4, 0.5) is 0 Å². The number of hydrogen-bond donors (Lipinski definition) is 2. The van der Waals surface area contributed by atoms with Gasteiger partial charge in [-0.25, -0.2) is 0 Å². The number of piperidine rings is 1. The number of aliphatic hydroxyl groups is 1. The maximum absolute atomic E-state index is 10.0. The lowest BCUT2D eigenvalue weighted by molar-refractivity contribution is 0.0788. The van der Waals surface area contributed by atoms with Gasteiger partial charge < -0.3 is 15.2 Å². The fourth-order valence-electron chi connectivity index (χ4n) is 2.44. The molecule has 2 N–H and O–H groups in total. The van der Waals surface area contributed by atoms with Crippen molar-refractivity contribution < 1.29 is 9.84 Å². The van der Waals surface area contributed by atoms with Crippen molar-refractivity contribution in [3.05, 3.63) is 35.9 Å². The Morgan fingerprint density at radius 1 is 1.19 bits per heavy atom. The molecule has 16 heavy (non-hydrogen) atoms.